The van der Waals surface area contributed by atoms with Crippen LogP contribution in [0.4, 0.5) is 0 Å². The van der Waals surface area contributed by atoms with Gasteiger partial charge in [0.25, 0.3) is 0 Å². The zero-order chi connectivity index (χ0) is 11.2. The summed E-state index contributed by atoms with van der Waals surface area (Å²) >= 11 is 0. The second-order valence-electron chi connectivity index (χ2n) is 4.09. The molecule has 0 saturated heterocycles. The summed E-state index contributed by atoms with van der Waals surface area (Å²) in [4.78, 5) is 0. The number of nitrogens with zero attached hydrogens (tertiary/aromatic N) is 1. The lowest BCUT2D eigenvalue weighted by Crippen LogP contribution is -2.37. The summed E-state index contributed by atoms with van der Waals surface area (Å²) in [5, 5.41) is 27.7. The number of ether oxygens (including phenoxy) is 2. The SMILES string of the molecule is COC(C)(C)OC1(C)C(O)[C@]1(O)C#N. The summed E-state index contributed by atoms with van der Waals surface area (Å²) in [6.07, 6.45) is -1.20. The topological polar surface area (TPSA) is 82.7 Å². The lowest BCUT2D eigenvalue weighted by molar-refractivity contribution is -0.242. The molecule has 1 saturated carbocycles. The Balaban J connectivity index is 2.79. The Kier molecular flexibility index (Phi) is 2.37. The molecular weight excluding hydrogens is 186 g/mol. The molecule has 0 radical (unpaired) electrons. The van der Waals surface area contributed by atoms with Gasteiger partial charge in [0.15, 0.2) is 5.79 Å². The van der Waals surface area contributed by atoms with Crippen molar-refractivity contribution < 1.29 is 19.7 Å². The van der Waals surface area contributed by atoms with Gasteiger partial charge in [0, 0.05) is 7.11 Å². The van der Waals surface area contributed by atoms with Crippen LogP contribution in [0.15, 0.2) is 0 Å². The van der Waals surface area contributed by atoms with Crippen molar-refractivity contribution in [1.29, 1.82) is 5.26 Å². The van der Waals surface area contributed by atoms with Crippen LogP contribution in [0, 0.1) is 11.3 Å². The van der Waals surface area contributed by atoms with Crippen LogP contribution in [0.2, 0.25) is 0 Å². The maximum Gasteiger partial charge on any atom is 0.211 e. The highest BCUT2D eigenvalue weighted by Gasteiger charge is 2.78. The lowest BCUT2D eigenvalue weighted by atomic mass is 10.2. The van der Waals surface area contributed by atoms with Gasteiger partial charge in [-0.3, -0.25) is 0 Å². The van der Waals surface area contributed by atoms with E-state index in [0.29, 0.717) is 0 Å². The van der Waals surface area contributed by atoms with E-state index >= 15 is 0 Å². The number of hydrogen-bond acceptors (Lipinski definition) is 5. The summed E-state index contributed by atoms with van der Waals surface area (Å²) in [6, 6.07) is 1.63. The molecule has 0 bridgehead atoms. The fraction of sp³-hybridized carbons (Fsp3) is 0.889. The predicted molar refractivity (Wildman–Crippen MR) is 47.1 cm³/mol. The molecular formula is C9H15NO4. The van der Waals surface area contributed by atoms with Gasteiger partial charge in [0.2, 0.25) is 5.60 Å². The van der Waals surface area contributed by atoms with Gasteiger partial charge < -0.3 is 19.7 Å². The summed E-state index contributed by atoms with van der Waals surface area (Å²) in [5.74, 6) is -0.947. The summed E-state index contributed by atoms with van der Waals surface area (Å²) in [7, 11) is 1.45. The predicted octanol–water partition coefficient (Wildman–Crippen LogP) is -0.227. The third kappa shape index (κ3) is 1.31. The van der Waals surface area contributed by atoms with Gasteiger partial charge in [-0.15, -0.1) is 0 Å². The molecule has 0 aromatic carbocycles. The number of nitriles is 1. The van der Waals surface area contributed by atoms with Crippen LogP contribution >= 0.6 is 0 Å². The van der Waals surface area contributed by atoms with E-state index in [4.69, 9.17) is 14.7 Å². The van der Waals surface area contributed by atoms with Crippen molar-refractivity contribution in [3.63, 3.8) is 0 Å². The van der Waals surface area contributed by atoms with Crippen molar-refractivity contribution in [3.05, 3.63) is 0 Å². The first-order valence-corrected chi connectivity index (χ1v) is 4.30. The molecule has 3 atom stereocenters. The van der Waals surface area contributed by atoms with Crippen LogP contribution in [0.25, 0.3) is 0 Å². The van der Waals surface area contributed by atoms with Gasteiger partial charge in [-0.2, -0.15) is 5.26 Å². The van der Waals surface area contributed by atoms with Crippen LogP contribution < -0.4 is 0 Å². The zero-order valence-electron chi connectivity index (χ0n) is 8.74. The highest BCUT2D eigenvalue weighted by molar-refractivity contribution is 5.36. The standard InChI is InChI=1S/C9H15NO4/c1-7(2,13-4)14-8(3)6(11)9(8,12)5-10/h6,11-12H,1-4H3/t6?,8?,9-/m1/s1. The number of aliphatic hydroxyl groups excluding tert-OH is 1. The fourth-order valence-electron chi connectivity index (χ4n) is 1.41. The van der Waals surface area contributed by atoms with Gasteiger partial charge in [0.05, 0.1) is 0 Å². The zero-order valence-corrected chi connectivity index (χ0v) is 8.74. The van der Waals surface area contributed by atoms with Crippen molar-refractivity contribution >= 4 is 0 Å². The van der Waals surface area contributed by atoms with E-state index in [2.05, 4.69) is 0 Å². The molecule has 2 unspecified atom stereocenters. The molecule has 0 amide bonds. The van der Waals surface area contributed by atoms with E-state index in [1.165, 1.54) is 14.0 Å². The molecule has 14 heavy (non-hydrogen) atoms. The highest BCUT2D eigenvalue weighted by atomic mass is 16.7. The second kappa shape index (κ2) is 2.91. The molecule has 0 aromatic heterocycles. The largest absolute Gasteiger partial charge is 0.386 e. The molecule has 0 aliphatic heterocycles. The van der Waals surface area contributed by atoms with E-state index in [-0.39, 0.29) is 0 Å². The maximum absolute atomic E-state index is 9.59. The maximum atomic E-state index is 9.59. The fourth-order valence-corrected chi connectivity index (χ4v) is 1.41. The Hall–Kier alpha value is -0.670. The van der Waals surface area contributed by atoms with Gasteiger partial charge in [-0.05, 0) is 20.8 Å². The minimum absolute atomic E-state index is 0.947. The van der Waals surface area contributed by atoms with Gasteiger partial charge in [-0.1, -0.05) is 0 Å². The smallest absolute Gasteiger partial charge is 0.211 e. The van der Waals surface area contributed by atoms with Crippen LogP contribution in [0.3, 0.4) is 0 Å². The van der Waals surface area contributed by atoms with Crippen LogP contribution in [-0.4, -0.2) is 40.4 Å². The average Bonchev–Trinajstić information content (AvgIpc) is 2.52. The third-order valence-electron chi connectivity index (χ3n) is 2.71. The van der Waals surface area contributed by atoms with Crippen molar-refractivity contribution in [2.24, 2.45) is 0 Å². The first-order valence-electron chi connectivity index (χ1n) is 4.30. The normalized spacial score (nSPS) is 41.9. The summed E-state index contributed by atoms with van der Waals surface area (Å²) in [5.41, 5.74) is -3.11. The Morgan fingerprint density at radius 1 is 1.50 bits per heavy atom. The Morgan fingerprint density at radius 2 is 2.00 bits per heavy atom. The molecule has 1 rings (SSSR count). The quantitative estimate of drug-likeness (QED) is 0.487. The van der Waals surface area contributed by atoms with Crippen LogP contribution in [0.5, 0.6) is 0 Å². The first kappa shape index (κ1) is 11.4. The molecule has 1 aliphatic carbocycles. The second-order valence-corrected chi connectivity index (χ2v) is 4.09. The first-order chi connectivity index (χ1) is 6.23. The van der Waals surface area contributed by atoms with Crippen molar-refractivity contribution in [1.82, 2.24) is 0 Å². The Morgan fingerprint density at radius 3 is 2.29 bits per heavy atom. The van der Waals surface area contributed by atoms with E-state index in [1.807, 2.05) is 0 Å². The molecule has 2 N–H and O–H groups in total. The van der Waals surface area contributed by atoms with E-state index in [9.17, 15) is 10.2 Å². The number of methoxy groups -OCH3 is 1. The van der Waals surface area contributed by atoms with E-state index in [1.54, 1.807) is 19.9 Å². The highest BCUT2D eigenvalue weighted by Crippen LogP contribution is 2.52. The molecule has 5 nitrogen and oxygen atoms in total. The average molecular weight is 201 g/mol. The molecule has 80 valence electrons. The lowest BCUT2D eigenvalue weighted by Gasteiger charge is -2.28. The third-order valence-corrected chi connectivity index (χ3v) is 2.71. The molecule has 1 fully saturated rings. The summed E-state index contributed by atoms with van der Waals surface area (Å²) < 4.78 is 10.3. The molecule has 0 heterocycles. The monoisotopic (exact) mass is 201 g/mol. The van der Waals surface area contributed by atoms with Crippen molar-refractivity contribution in [3.8, 4) is 6.07 Å². The van der Waals surface area contributed by atoms with Crippen LogP contribution in [-0.2, 0) is 9.47 Å². The van der Waals surface area contributed by atoms with Crippen molar-refractivity contribution in [2.45, 2.75) is 43.9 Å². The Labute approximate surface area is 82.9 Å². The number of aliphatic hydroxyl groups is 2. The minimum Gasteiger partial charge on any atom is -0.386 e. The number of hydrogen-bond donors (Lipinski definition) is 2. The van der Waals surface area contributed by atoms with Crippen molar-refractivity contribution in [2.75, 3.05) is 7.11 Å². The molecule has 0 spiro atoms. The van der Waals surface area contributed by atoms with E-state index < -0.39 is 23.1 Å². The van der Waals surface area contributed by atoms with Gasteiger partial charge in [-0.25, -0.2) is 0 Å². The van der Waals surface area contributed by atoms with Crippen LogP contribution in [0.1, 0.15) is 20.8 Å². The van der Waals surface area contributed by atoms with Gasteiger partial charge in [0.1, 0.15) is 17.8 Å². The minimum atomic E-state index is -1.83. The Bertz CT molecular complexity index is 285. The molecule has 1 aliphatic rings. The molecule has 0 aromatic rings. The molecule has 5 heteroatoms. The number of rotatable bonds is 3. The van der Waals surface area contributed by atoms with Gasteiger partial charge >= 0.3 is 0 Å². The van der Waals surface area contributed by atoms with E-state index in [0.717, 1.165) is 0 Å². The summed E-state index contributed by atoms with van der Waals surface area (Å²) in [6.45, 7) is 4.75.